The van der Waals surface area contributed by atoms with Crippen molar-refractivity contribution in [1.82, 2.24) is 20.1 Å². The van der Waals surface area contributed by atoms with Gasteiger partial charge in [-0.25, -0.2) is 4.98 Å². The monoisotopic (exact) mass is 492 g/mol. The number of hydrogen-bond donors (Lipinski definition) is 2. The predicted molar refractivity (Wildman–Crippen MR) is 140 cm³/mol. The molecule has 0 aliphatic carbocycles. The standard InChI is InChI=1S/C27H36N6O3/c1-19(2)30-23-5-4-12-29-24(23)31-15-17-33(18-16-31)27(36)22-8-6-21(7-9-22)26(35)32-13-10-20(11-14-32)25(34)28-3/h4-9,12,19-20,30H,10-11,13-18H2,1-3H3,(H,28,34). The second kappa shape index (κ2) is 11.4. The number of nitrogens with zero attached hydrogens (tertiary/aromatic N) is 4. The van der Waals surface area contributed by atoms with Gasteiger partial charge in [-0.3, -0.25) is 14.4 Å². The molecule has 3 heterocycles. The van der Waals surface area contributed by atoms with Gasteiger partial charge < -0.3 is 25.3 Å². The summed E-state index contributed by atoms with van der Waals surface area (Å²) in [5.41, 5.74) is 2.15. The molecule has 2 aliphatic heterocycles. The topological polar surface area (TPSA) is 97.9 Å². The first-order valence-electron chi connectivity index (χ1n) is 12.7. The first kappa shape index (κ1) is 25.5. The van der Waals surface area contributed by atoms with Crippen molar-refractivity contribution in [3.8, 4) is 0 Å². The molecule has 2 N–H and O–H groups in total. The lowest BCUT2D eigenvalue weighted by Gasteiger charge is -2.36. The van der Waals surface area contributed by atoms with E-state index in [9.17, 15) is 14.4 Å². The van der Waals surface area contributed by atoms with Gasteiger partial charge in [-0.05, 0) is 63.1 Å². The van der Waals surface area contributed by atoms with Crippen LogP contribution in [0.5, 0.6) is 0 Å². The minimum absolute atomic E-state index is 0.0263. The fraction of sp³-hybridized carbons (Fsp3) is 0.481. The fourth-order valence-corrected chi connectivity index (χ4v) is 4.86. The van der Waals surface area contributed by atoms with Crippen molar-refractivity contribution in [2.45, 2.75) is 32.7 Å². The van der Waals surface area contributed by atoms with Crippen LogP contribution in [-0.2, 0) is 4.79 Å². The average molecular weight is 493 g/mol. The van der Waals surface area contributed by atoms with Crippen molar-refractivity contribution in [2.75, 3.05) is 56.5 Å². The normalized spacial score (nSPS) is 16.7. The number of amides is 3. The number of likely N-dealkylation sites (tertiary alicyclic amines) is 1. The first-order chi connectivity index (χ1) is 17.4. The van der Waals surface area contributed by atoms with Crippen molar-refractivity contribution in [2.24, 2.45) is 5.92 Å². The number of carbonyl (C=O) groups excluding carboxylic acids is 3. The molecule has 192 valence electrons. The van der Waals surface area contributed by atoms with E-state index >= 15 is 0 Å². The summed E-state index contributed by atoms with van der Waals surface area (Å²) in [7, 11) is 1.64. The zero-order valence-electron chi connectivity index (χ0n) is 21.4. The third-order valence-corrected chi connectivity index (χ3v) is 6.88. The van der Waals surface area contributed by atoms with E-state index in [1.54, 1.807) is 42.4 Å². The summed E-state index contributed by atoms with van der Waals surface area (Å²) in [6, 6.07) is 11.2. The van der Waals surface area contributed by atoms with Crippen LogP contribution in [0.15, 0.2) is 42.6 Å². The highest BCUT2D eigenvalue weighted by Gasteiger charge is 2.28. The Morgan fingerprint density at radius 1 is 0.861 bits per heavy atom. The molecule has 0 radical (unpaired) electrons. The molecule has 0 bridgehead atoms. The Morgan fingerprint density at radius 3 is 1.94 bits per heavy atom. The summed E-state index contributed by atoms with van der Waals surface area (Å²) in [5.74, 6) is 0.843. The van der Waals surface area contributed by atoms with E-state index in [0.29, 0.717) is 69.3 Å². The summed E-state index contributed by atoms with van der Waals surface area (Å²) in [4.78, 5) is 48.3. The van der Waals surface area contributed by atoms with Gasteiger partial charge in [0, 0.05) is 75.6 Å². The summed E-state index contributed by atoms with van der Waals surface area (Å²) < 4.78 is 0. The molecular formula is C27H36N6O3. The Labute approximate surface area is 212 Å². The highest BCUT2D eigenvalue weighted by atomic mass is 16.2. The van der Waals surface area contributed by atoms with Crippen LogP contribution < -0.4 is 15.5 Å². The van der Waals surface area contributed by atoms with Crippen LogP contribution in [0.3, 0.4) is 0 Å². The van der Waals surface area contributed by atoms with Crippen molar-refractivity contribution in [3.05, 3.63) is 53.7 Å². The van der Waals surface area contributed by atoms with Crippen LogP contribution in [0.1, 0.15) is 47.4 Å². The third-order valence-electron chi connectivity index (χ3n) is 6.88. The Hall–Kier alpha value is -3.62. The van der Waals surface area contributed by atoms with Crippen LogP contribution in [-0.4, -0.2) is 84.9 Å². The van der Waals surface area contributed by atoms with Gasteiger partial charge in [-0.1, -0.05) is 0 Å². The lowest BCUT2D eigenvalue weighted by Crippen LogP contribution is -2.49. The zero-order chi connectivity index (χ0) is 25.7. The molecule has 3 amide bonds. The summed E-state index contributed by atoms with van der Waals surface area (Å²) >= 11 is 0. The van der Waals surface area contributed by atoms with Crippen molar-refractivity contribution < 1.29 is 14.4 Å². The van der Waals surface area contributed by atoms with Crippen LogP contribution in [0.25, 0.3) is 0 Å². The minimum Gasteiger partial charge on any atom is -0.380 e. The highest BCUT2D eigenvalue weighted by Crippen LogP contribution is 2.25. The maximum absolute atomic E-state index is 13.1. The van der Waals surface area contributed by atoms with E-state index < -0.39 is 0 Å². The Kier molecular flexibility index (Phi) is 8.07. The molecule has 2 saturated heterocycles. The number of carbonyl (C=O) groups is 3. The van der Waals surface area contributed by atoms with Gasteiger partial charge in [0.25, 0.3) is 11.8 Å². The Balaban J connectivity index is 1.32. The van der Waals surface area contributed by atoms with Gasteiger partial charge in [0.2, 0.25) is 5.91 Å². The predicted octanol–water partition coefficient (Wildman–Crippen LogP) is 2.46. The van der Waals surface area contributed by atoms with Gasteiger partial charge in [0.1, 0.15) is 0 Å². The van der Waals surface area contributed by atoms with Gasteiger partial charge in [-0.15, -0.1) is 0 Å². The number of piperidine rings is 1. The molecule has 36 heavy (non-hydrogen) atoms. The summed E-state index contributed by atoms with van der Waals surface area (Å²) in [5, 5.41) is 6.13. The molecule has 0 saturated carbocycles. The molecule has 9 nitrogen and oxygen atoms in total. The number of aromatic nitrogens is 1. The van der Waals surface area contributed by atoms with Crippen molar-refractivity contribution >= 4 is 29.2 Å². The molecule has 0 unspecified atom stereocenters. The van der Waals surface area contributed by atoms with Crippen LogP contribution in [0, 0.1) is 5.92 Å². The van der Waals surface area contributed by atoms with Gasteiger partial charge >= 0.3 is 0 Å². The molecule has 1 aromatic heterocycles. The molecular weight excluding hydrogens is 456 g/mol. The molecule has 0 spiro atoms. The summed E-state index contributed by atoms with van der Waals surface area (Å²) in [6.07, 6.45) is 3.13. The van der Waals surface area contributed by atoms with Crippen molar-refractivity contribution in [3.63, 3.8) is 0 Å². The maximum atomic E-state index is 13.1. The summed E-state index contributed by atoms with van der Waals surface area (Å²) in [6.45, 7) is 7.95. The fourth-order valence-electron chi connectivity index (χ4n) is 4.86. The molecule has 2 aliphatic rings. The number of piperazine rings is 1. The van der Waals surface area contributed by atoms with E-state index in [-0.39, 0.29) is 23.6 Å². The average Bonchev–Trinajstić information content (AvgIpc) is 2.92. The van der Waals surface area contributed by atoms with Crippen LogP contribution in [0.4, 0.5) is 11.5 Å². The number of rotatable bonds is 6. The van der Waals surface area contributed by atoms with E-state index in [2.05, 4.69) is 34.4 Å². The molecule has 2 fully saturated rings. The van der Waals surface area contributed by atoms with E-state index in [0.717, 1.165) is 11.5 Å². The first-order valence-corrected chi connectivity index (χ1v) is 12.7. The largest absolute Gasteiger partial charge is 0.380 e. The van der Waals surface area contributed by atoms with E-state index in [1.165, 1.54) is 0 Å². The van der Waals surface area contributed by atoms with Crippen LogP contribution in [0.2, 0.25) is 0 Å². The molecule has 0 atom stereocenters. The van der Waals surface area contributed by atoms with Gasteiger partial charge in [0.05, 0.1) is 5.69 Å². The number of hydrogen-bond acceptors (Lipinski definition) is 6. The number of nitrogens with one attached hydrogen (secondary N) is 2. The number of benzene rings is 1. The second-order valence-corrected chi connectivity index (χ2v) is 9.71. The highest BCUT2D eigenvalue weighted by molar-refractivity contribution is 5.98. The maximum Gasteiger partial charge on any atom is 0.253 e. The Morgan fingerprint density at radius 2 is 1.42 bits per heavy atom. The SMILES string of the molecule is CNC(=O)C1CCN(C(=O)c2ccc(C(=O)N3CCN(c4ncccc4NC(C)C)CC3)cc2)CC1. The zero-order valence-corrected chi connectivity index (χ0v) is 21.4. The molecule has 9 heteroatoms. The van der Waals surface area contributed by atoms with Gasteiger partial charge in [0.15, 0.2) is 5.82 Å². The Bertz CT molecular complexity index is 1070. The molecule has 2 aromatic rings. The molecule has 4 rings (SSSR count). The van der Waals surface area contributed by atoms with E-state index in [4.69, 9.17) is 0 Å². The second-order valence-electron chi connectivity index (χ2n) is 9.71. The third kappa shape index (κ3) is 5.78. The quantitative estimate of drug-likeness (QED) is 0.643. The van der Waals surface area contributed by atoms with Crippen molar-refractivity contribution in [1.29, 1.82) is 0 Å². The van der Waals surface area contributed by atoms with Crippen LogP contribution >= 0.6 is 0 Å². The van der Waals surface area contributed by atoms with Gasteiger partial charge in [-0.2, -0.15) is 0 Å². The number of anilines is 2. The smallest absolute Gasteiger partial charge is 0.253 e. The molecule has 1 aromatic carbocycles. The lowest BCUT2D eigenvalue weighted by atomic mass is 9.95. The lowest BCUT2D eigenvalue weighted by molar-refractivity contribution is -0.125. The van der Waals surface area contributed by atoms with E-state index in [1.807, 2.05) is 17.0 Å². The minimum atomic E-state index is -0.0563. The number of pyridine rings is 1.